The van der Waals surface area contributed by atoms with Crippen LogP contribution in [-0.4, -0.2) is 47.3 Å². The van der Waals surface area contributed by atoms with Gasteiger partial charge in [-0.3, -0.25) is 4.79 Å². The van der Waals surface area contributed by atoms with E-state index in [0.717, 1.165) is 4.90 Å². The van der Waals surface area contributed by atoms with Crippen molar-refractivity contribution in [3.8, 4) is 0 Å². The number of aliphatic carboxylic acids is 1. The van der Waals surface area contributed by atoms with Crippen molar-refractivity contribution in [2.45, 2.75) is 32.0 Å². The maximum atomic E-state index is 12.5. The van der Waals surface area contributed by atoms with Gasteiger partial charge in [-0.1, -0.05) is 0 Å². The summed E-state index contributed by atoms with van der Waals surface area (Å²) < 4.78 is 37.5. The van der Waals surface area contributed by atoms with Crippen LogP contribution >= 0.6 is 0 Å². The standard InChI is InChI=1S/C10H15F3N2O3/c1-6(8(16)17)14-9(18)15-4-2-3-7(5-15)10(11,12)13/h6-7H,2-5H2,1H3,(H,14,18)(H,16,17). The molecule has 1 rings (SSSR count). The topological polar surface area (TPSA) is 69.6 Å². The zero-order valence-corrected chi connectivity index (χ0v) is 9.83. The van der Waals surface area contributed by atoms with Gasteiger partial charge in [0.15, 0.2) is 0 Å². The van der Waals surface area contributed by atoms with E-state index in [2.05, 4.69) is 5.32 Å². The third kappa shape index (κ3) is 3.78. The summed E-state index contributed by atoms with van der Waals surface area (Å²) >= 11 is 0. The molecule has 1 aliphatic rings. The maximum Gasteiger partial charge on any atom is 0.393 e. The minimum Gasteiger partial charge on any atom is -0.480 e. The highest BCUT2D eigenvalue weighted by Gasteiger charge is 2.42. The highest BCUT2D eigenvalue weighted by atomic mass is 19.4. The lowest BCUT2D eigenvalue weighted by atomic mass is 9.98. The minimum atomic E-state index is -4.32. The minimum absolute atomic E-state index is 0.00175. The van der Waals surface area contributed by atoms with E-state index in [0.29, 0.717) is 0 Å². The molecule has 0 aliphatic carbocycles. The van der Waals surface area contributed by atoms with Gasteiger partial charge in [0, 0.05) is 13.1 Å². The number of carboxylic acids is 1. The van der Waals surface area contributed by atoms with Gasteiger partial charge in [0.1, 0.15) is 6.04 Å². The number of amides is 2. The first-order chi connectivity index (χ1) is 8.21. The van der Waals surface area contributed by atoms with Crippen molar-refractivity contribution in [2.24, 2.45) is 5.92 Å². The predicted octanol–water partition coefficient (Wildman–Crippen LogP) is 1.44. The summed E-state index contributed by atoms with van der Waals surface area (Å²) in [6, 6.07) is -1.89. The Kier molecular flexibility index (Phi) is 4.42. The Morgan fingerprint density at radius 3 is 2.56 bits per heavy atom. The van der Waals surface area contributed by atoms with Crippen LogP contribution in [0, 0.1) is 5.92 Å². The van der Waals surface area contributed by atoms with Crippen LogP contribution in [0.4, 0.5) is 18.0 Å². The van der Waals surface area contributed by atoms with Gasteiger partial charge in [0.25, 0.3) is 0 Å². The zero-order valence-electron chi connectivity index (χ0n) is 9.83. The molecule has 18 heavy (non-hydrogen) atoms. The monoisotopic (exact) mass is 268 g/mol. The van der Waals surface area contributed by atoms with Gasteiger partial charge in [0.2, 0.25) is 0 Å². The van der Waals surface area contributed by atoms with Crippen molar-refractivity contribution in [3.63, 3.8) is 0 Å². The predicted molar refractivity (Wildman–Crippen MR) is 56.0 cm³/mol. The molecule has 2 atom stereocenters. The van der Waals surface area contributed by atoms with Gasteiger partial charge in [-0.25, -0.2) is 4.79 Å². The quantitative estimate of drug-likeness (QED) is 0.796. The lowest BCUT2D eigenvalue weighted by Gasteiger charge is -2.34. The summed E-state index contributed by atoms with van der Waals surface area (Å²) in [5.74, 6) is -2.76. The van der Waals surface area contributed by atoms with Crippen molar-refractivity contribution >= 4 is 12.0 Å². The van der Waals surface area contributed by atoms with E-state index in [4.69, 9.17) is 5.11 Å². The highest BCUT2D eigenvalue weighted by Crippen LogP contribution is 2.33. The normalized spacial score (nSPS) is 22.4. The molecule has 2 unspecified atom stereocenters. The van der Waals surface area contributed by atoms with E-state index >= 15 is 0 Å². The van der Waals surface area contributed by atoms with E-state index < -0.39 is 36.7 Å². The Labute approximate surface area is 102 Å². The van der Waals surface area contributed by atoms with Crippen molar-refractivity contribution in [1.29, 1.82) is 0 Å². The third-order valence-corrected chi connectivity index (χ3v) is 2.88. The van der Waals surface area contributed by atoms with Gasteiger partial charge < -0.3 is 15.3 Å². The molecule has 0 spiro atoms. The largest absolute Gasteiger partial charge is 0.480 e. The van der Waals surface area contributed by atoms with E-state index in [-0.39, 0.29) is 19.4 Å². The average Bonchev–Trinajstić information content (AvgIpc) is 2.27. The molecule has 0 saturated carbocycles. The first kappa shape index (κ1) is 14.6. The fourth-order valence-electron chi connectivity index (χ4n) is 1.77. The number of carbonyl (C=O) groups excluding carboxylic acids is 1. The fourth-order valence-corrected chi connectivity index (χ4v) is 1.77. The van der Waals surface area contributed by atoms with Crippen molar-refractivity contribution in [1.82, 2.24) is 10.2 Å². The summed E-state index contributed by atoms with van der Waals surface area (Å²) in [6.45, 7) is 1.05. The number of nitrogens with one attached hydrogen (secondary N) is 1. The number of carboxylic acid groups (broad SMARTS) is 1. The van der Waals surface area contributed by atoms with Crippen LogP contribution in [0.2, 0.25) is 0 Å². The summed E-state index contributed by atoms with van der Waals surface area (Å²) in [6.07, 6.45) is -4.06. The molecule has 1 heterocycles. The molecule has 0 radical (unpaired) electrons. The summed E-state index contributed by atoms with van der Waals surface area (Å²) in [5.41, 5.74) is 0. The number of halogens is 3. The van der Waals surface area contributed by atoms with E-state index in [1.807, 2.05) is 0 Å². The number of nitrogens with zero attached hydrogens (tertiary/aromatic N) is 1. The average molecular weight is 268 g/mol. The molecule has 8 heteroatoms. The second kappa shape index (κ2) is 5.45. The lowest BCUT2D eigenvalue weighted by molar-refractivity contribution is -0.184. The van der Waals surface area contributed by atoms with Gasteiger partial charge in [0.05, 0.1) is 5.92 Å². The van der Waals surface area contributed by atoms with Gasteiger partial charge >= 0.3 is 18.2 Å². The molecule has 5 nitrogen and oxygen atoms in total. The van der Waals surface area contributed by atoms with Gasteiger partial charge in [-0.05, 0) is 19.8 Å². The van der Waals surface area contributed by atoms with E-state index in [9.17, 15) is 22.8 Å². The molecule has 0 aromatic heterocycles. The lowest BCUT2D eigenvalue weighted by Crippen LogP contribution is -2.51. The molecule has 2 N–H and O–H groups in total. The molecule has 1 fully saturated rings. The molecule has 2 amide bonds. The molecule has 1 saturated heterocycles. The van der Waals surface area contributed by atoms with Crippen LogP contribution in [0.3, 0.4) is 0 Å². The fraction of sp³-hybridized carbons (Fsp3) is 0.800. The van der Waals surface area contributed by atoms with Crippen molar-refractivity contribution < 1.29 is 27.9 Å². The molecular formula is C10H15F3N2O3. The number of rotatable bonds is 2. The van der Waals surface area contributed by atoms with E-state index in [1.165, 1.54) is 6.92 Å². The first-order valence-corrected chi connectivity index (χ1v) is 5.56. The number of carbonyl (C=O) groups is 2. The molecule has 0 bridgehead atoms. The van der Waals surface area contributed by atoms with Crippen LogP contribution in [0.15, 0.2) is 0 Å². The molecule has 0 aromatic carbocycles. The van der Waals surface area contributed by atoms with E-state index in [1.54, 1.807) is 0 Å². The molecule has 104 valence electrons. The summed E-state index contributed by atoms with van der Waals surface area (Å²) in [4.78, 5) is 23.1. The van der Waals surface area contributed by atoms with Crippen LogP contribution in [0.25, 0.3) is 0 Å². The van der Waals surface area contributed by atoms with Crippen molar-refractivity contribution in [3.05, 3.63) is 0 Å². The van der Waals surface area contributed by atoms with Crippen LogP contribution in [0.1, 0.15) is 19.8 Å². The maximum absolute atomic E-state index is 12.5. The third-order valence-electron chi connectivity index (χ3n) is 2.88. The number of alkyl halides is 3. The summed E-state index contributed by atoms with van der Waals surface area (Å²) in [5, 5.41) is 10.7. The highest BCUT2D eigenvalue weighted by molar-refractivity contribution is 5.82. The Balaban J connectivity index is 2.56. The number of hydrogen-bond donors (Lipinski definition) is 2. The Hall–Kier alpha value is -1.47. The Morgan fingerprint density at radius 1 is 1.44 bits per heavy atom. The van der Waals surface area contributed by atoms with Crippen LogP contribution < -0.4 is 5.32 Å². The second-order valence-corrected chi connectivity index (χ2v) is 4.34. The van der Waals surface area contributed by atoms with Crippen LogP contribution in [-0.2, 0) is 4.79 Å². The molecular weight excluding hydrogens is 253 g/mol. The first-order valence-electron chi connectivity index (χ1n) is 5.56. The number of hydrogen-bond acceptors (Lipinski definition) is 2. The second-order valence-electron chi connectivity index (χ2n) is 4.34. The Morgan fingerprint density at radius 2 is 2.06 bits per heavy atom. The summed E-state index contributed by atoms with van der Waals surface area (Å²) in [7, 11) is 0. The number of likely N-dealkylation sites (tertiary alicyclic amines) is 1. The smallest absolute Gasteiger partial charge is 0.393 e. The molecule has 0 aromatic rings. The van der Waals surface area contributed by atoms with Gasteiger partial charge in [-0.15, -0.1) is 0 Å². The van der Waals surface area contributed by atoms with Crippen LogP contribution in [0.5, 0.6) is 0 Å². The van der Waals surface area contributed by atoms with Crippen molar-refractivity contribution in [2.75, 3.05) is 13.1 Å². The number of urea groups is 1. The SMILES string of the molecule is CC(NC(=O)N1CCCC(C(F)(F)F)C1)C(=O)O. The number of piperidine rings is 1. The van der Waals surface area contributed by atoms with Gasteiger partial charge in [-0.2, -0.15) is 13.2 Å². The Bertz CT molecular complexity index is 333. The molecule has 1 aliphatic heterocycles. The zero-order chi connectivity index (χ0) is 13.9.